The van der Waals surface area contributed by atoms with Gasteiger partial charge < -0.3 is 15.4 Å². The van der Waals surface area contributed by atoms with Crippen LogP contribution in [0.5, 0.6) is 0 Å². The van der Waals surface area contributed by atoms with Crippen molar-refractivity contribution in [2.75, 3.05) is 18.5 Å². The van der Waals surface area contributed by atoms with Crippen molar-refractivity contribution in [1.82, 2.24) is 10.3 Å². The van der Waals surface area contributed by atoms with E-state index in [1.165, 1.54) is 16.2 Å². The van der Waals surface area contributed by atoms with Crippen molar-refractivity contribution in [3.63, 3.8) is 0 Å². The third kappa shape index (κ3) is 4.04. The fraction of sp³-hybridized carbons (Fsp3) is 0.450. The highest BCUT2D eigenvalue weighted by molar-refractivity contribution is 7.17. The second-order valence-electron chi connectivity index (χ2n) is 6.93. The molecule has 27 heavy (non-hydrogen) atoms. The molecule has 142 valence electrons. The molecule has 1 atom stereocenters. The smallest absolute Gasteiger partial charge is 0.274 e. The molecule has 0 radical (unpaired) electrons. The van der Waals surface area contributed by atoms with E-state index < -0.39 is 0 Å². The number of rotatable bonds is 5. The summed E-state index contributed by atoms with van der Waals surface area (Å²) in [5.74, 6) is -0.413. The van der Waals surface area contributed by atoms with Crippen LogP contribution in [-0.4, -0.2) is 36.1 Å². The van der Waals surface area contributed by atoms with Gasteiger partial charge in [-0.3, -0.25) is 14.6 Å². The molecule has 0 unspecified atom stereocenters. The van der Waals surface area contributed by atoms with E-state index in [1.807, 2.05) is 0 Å². The van der Waals surface area contributed by atoms with Crippen molar-refractivity contribution >= 4 is 28.2 Å². The van der Waals surface area contributed by atoms with E-state index in [4.69, 9.17) is 4.74 Å². The van der Waals surface area contributed by atoms with Crippen LogP contribution in [0.2, 0.25) is 0 Å². The molecule has 6 nitrogen and oxygen atoms in total. The molecule has 1 aliphatic carbocycles. The van der Waals surface area contributed by atoms with Gasteiger partial charge in [-0.05, 0) is 56.2 Å². The summed E-state index contributed by atoms with van der Waals surface area (Å²) in [6.45, 7) is 1.27. The molecule has 0 aromatic carbocycles. The molecule has 7 heteroatoms. The number of ether oxygens (including phenoxy) is 1. The number of thiophene rings is 1. The Kier molecular flexibility index (Phi) is 5.50. The molecule has 3 heterocycles. The molecule has 2 N–H and O–H groups in total. The molecule has 2 aliphatic rings. The summed E-state index contributed by atoms with van der Waals surface area (Å²) < 4.78 is 5.60. The van der Waals surface area contributed by atoms with E-state index in [2.05, 4.69) is 15.6 Å². The predicted octanol–water partition coefficient (Wildman–Crippen LogP) is 3.18. The number of hydrogen-bond donors (Lipinski definition) is 2. The number of carbonyl (C=O) groups is 2. The first-order valence-electron chi connectivity index (χ1n) is 9.49. The predicted molar refractivity (Wildman–Crippen MR) is 104 cm³/mol. The third-order valence-electron chi connectivity index (χ3n) is 5.04. The molecular weight excluding hydrogens is 362 g/mol. The zero-order chi connectivity index (χ0) is 18.6. The number of nitrogens with zero attached hydrogens (tertiary/aromatic N) is 1. The summed E-state index contributed by atoms with van der Waals surface area (Å²) >= 11 is 1.52. The van der Waals surface area contributed by atoms with Gasteiger partial charge in [-0.2, -0.15) is 0 Å². The maximum atomic E-state index is 12.9. The Morgan fingerprint density at radius 3 is 2.85 bits per heavy atom. The van der Waals surface area contributed by atoms with Crippen LogP contribution >= 0.6 is 11.3 Å². The van der Waals surface area contributed by atoms with Gasteiger partial charge >= 0.3 is 0 Å². The van der Waals surface area contributed by atoms with Crippen LogP contribution in [0.15, 0.2) is 24.4 Å². The van der Waals surface area contributed by atoms with E-state index in [1.54, 1.807) is 24.4 Å². The number of carbonyl (C=O) groups excluding carboxylic acids is 2. The molecule has 1 saturated heterocycles. The average molecular weight is 385 g/mol. The highest BCUT2D eigenvalue weighted by Crippen LogP contribution is 2.38. The zero-order valence-corrected chi connectivity index (χ0v) is 15.9. The van der Waals surface area contributed by atoms with Gasteiger partial charge in [0.2, 0.25) is 0 Å². The Labute approximate surface area is 162 Å². The molecule has 2 aromatic heterocycles. The molecule has 1 aliphatic heterocycles. The molecule has 0 spiro atoms. The normalized spacial score (nSPS) is 18.7. The number of pyridine rings is 1. The lowest BCUT2D eigenvalue weighted by Crippen LogP contribution is -2.32. The summed E-state index contributed by atoms with van der Waals surface area (Å²) in [6, 6.07) is 5.21. The lowest BCUT2D eigenvalue weighted by molar-refractivity contribution is 0.0858. The molecule has 4 rings (SSSR count). The molecule has 0 bridgehead atoms. The zero-order valence-electron chi connectivity index (χ0n) is 15.1. The number of amides is 2. The molecule has 1 fully saturated rings. The van der Waals surface area contributed by atoms with Crippen LogP contribution < -0.4 is 10.6 Å². The Balaban J connectivity index is 1.56. The second-order valence-corrected chi connectivity index (χ2v) is 8.03. The number of aryl methyl sites for hydroxylation is 1. The summed E-state index contributed by atoms with van der Waals surface area (Å²) in [6.07, 6.45) is 7.74. The van der Waals surface area contributed by atoms with E-state index in [0.717, 1.165) is 50.7 Å². The van der Waals surface area contributed by atoms with Crippen molar-refractivity contribution in [2.45, 2.75) is 44.6 Å². The van der Waals surface area contributed by atoms with Crippen LogP contribution in [0, 0.1) is 0 Å². The Morgan fingerprint density at radius 2 is 2.07 bits per heavy atom. The second kappa shape index (κ2) is 8.19. The minimum absolute atomic E-state index is 0.0926. The lowest BCUT2D eigenvalue weighted by Gasteiger charge is -2.15. The van der Waals surface area contributed by atoms with E-state index in [-0.39, 0.29) is 17.9 Å². The van der Waals surface area contributed by atoms with Crippen LogP contribution in [0.3, 0.4) is 0 Å². The van der Waals surface area contributed by atoms with E-state index in [9.17, 15) is 9.59 Å². The maximum Gasteiger partial charge on any atom is 0.274 e. The van der Waals surface area contributed by atoms with Crippen molar-refractivity contribution in [1.29, 1.82) is 0 Å². The summed E-state index contributed by atoms with van der Waals surface area (Å²) in [5, 5.41) is 6.55. The average Bonchev–Trinajstić information content (AvgIpc) is 3.34. The van der Waals surface area contributed by atoms with Gasteiger partial charge in [-0.25, -0.2) is 0 Å². The van der Waals surface area contributed by atoms with Gasteiger partial charge in [-0.1, -0.05) is 6.07 Å². The minimum atomic E-state index is -0.289. The van der Waals surface area contributed by atoms with Crippen molar-refractivity contribution in [3.05, 3.63) is 46.1 Å². The minimum Gasteiger partial charge on any atom is -0.376 e. The highest BCUT2D eigenvalue weighted by Gasteiger charge is 2.27. The first-order chi connectivity index (χ1) is 13.2. The van der Waals surface area contributed by atoms with E-state index in [0.29, 0.717) is 22.8 Å². The third-order valence-corrected chi connectivity index (χ3v) is 6.24. The van der Waals surface area contributed by atoms with E-state index >= 15 is 0 Å². The van der Waals surface area contributed by atoms with Crippen molar-refractivity contribution in [2.24, 2.45) is 0 Å². The van der Waals surface area contributed by atoms with Gasteiger partial charge in [0.15, 0.2) is 0 Å². The van der Waals surface area contributed by atoms with Gasteiger partial charge in [0.05, 0.1) is 11.7 Å². The number of fused-ring (bicyclic) bond motifs is 1. The summed E-state index contributed by atoms with van der Waals surface area (Å²) in [5.41, 5.74) is 2.05. The first kappa shape index (κ1) is 18.1. The van der Waals surface area contributed by atoms with Crippen LogP contribution in [0.4, 0.5) is 5.00 Å². The van der Waals surface area contributed by atoms with Crippen molar-refractivity contribution < 1.29 is 14.3 Å². The van der Waals surface area contributed by atoms with Gasteiger partial charge in [-0.15, -0.1) is 11.3 Å². The number of nitrogens with one attached hydrogen (secondary N) is 2. The summed E-state index contributed by atoms with van der Waals surface area (Å²) in [4.78, 5) is 30.8. The first-order valence-corrected chi connectivity index (χ1v) is 10.3. The SMILES string of the molecule is O=C(Nc1sc2c(c1C(=O)NC[C@H]1CCCO1)CCCC2)c1ccccn1. The highest BCUT2D eigenvalue weighted by atomic mass is 32.1. The fourth-order valence-corrected chi connectivity index (χ4v) is 4.94. The fourth-order valence-electron chi connectivity index (χ4n) is 3.66. The largest absolute Gasteiger partial charge is 0.376 e. The number of hydrogen-bond acceptors (Lipinski definition) is 5. The van der Waals surface area contributed by atoms with Crippen molar-refractivity contribution in [3.8, 4) is 0 Å². The lowest BCUT2D eigenvalue weighted by atomic mass is 9.95. The number of anilines is 1. The Morgan fingerprint density at radius 1 is 1.19 bits per heavy atom. The van der Waals surface area contributed by atoms with Gasteiger partial charge in [0.25, 0.3) is 11.8 Å². The van der Waals surface area contributed by atoms with Gasteiger partial charge in [0, 0.05) is 24.2 Å². The Bertz CT molecular complexity index is 828. The van der Waals surface area contributed by atoms with Crippen LogP contribution in [0.25, 0.3) is 0 Å². The molecule has 2 amide bonds. The van der Waals surface area contributed by atoms with Gasteiger partial charge in [0.1, 0.15) is 10.7 Å². The number of aromatic nitrogens is 1. The quantitative estimate of drug-likeness (QED) is 0.828. The van der Waals surface area contributed by atoms with Crippen LogP contribution in [0.1, 0.15) is 57.0 Å². The Hall–Kier alpha value is -2.25. The molecular formula is C20H23N3O3S. The topological polar surface area (TPSA) is 80.3 Å². The molecule has 2 aromatic rings. The van der Waals surface area contributed by atoms with Crippen LogP contribution in [-0.2, 0) is 17.6 Å². The monoisotopic (exact) mass is 385 g/mol. The summed E-state index contributed by atoms with van der Waals surface area (Å²) in [7, 11) is 0. The standard InChI is InChI=1S/C20H23N3O3S/c24-18(15-8-3-4-10-21-15)23-20-17(14-7-1-2-9-16(14)27-20)19(25)22-12-13-6-5-11-26-13/h3-4,8,10,13H,1-2,5-7,9,11-12H2,(H,22,25)(H,23,24)/t13-/m1/s1. The molecule has 0 saturated carbocycles. The maximum absolute atomic E-state index is 12.9.